The second-order valence-corrected chi connectivity index (χ2v) is 5.66. The molecule has 0 aliphatic rings. The summed E-state index contributed by atoms with van der Waals surface area (Å²) in [6.45, 7) is 2.01. The minimum atomic E-state index is 0.612. The summed E-state index contributed by atoms with van der Waals surface area (Å²) in [5.41, 5.74) is 1.98. The molecule has 0 aliphatic carbocycles. The van der Waals surface area contributed by atoms with Gasteiger partial charge < -0.3 is 4.74 Å². The molecule has 1 aromatic carbocycles. The SMILES string of the molecule is Cc1cc(Br)ccc1Oc1ncnc2ccsc12. The van der Waals surface area contributed by atoms with E-state index in [-0.39, 0.29) is 0 Å². The number of ether oxygens (including phenoxy) is 1. The number of fused-ring (bicyclic) bond motifs is 1. The number of halogens is 1. The van der Waals surface area contributed by atoms with Crippen LogP contribution in [0.2, 0.25) is 0 Å². The van der Waals surface area contributed by atoms with Crippen molar-refractivity contribution in [1.82, 2.24) is 9.97 Å². The van der Waals surface area contributed by atoms with Crippen LogP contribution in [0.5, 0.6) is 11.6 Å². The predicted octanol–water partition coefficient (Wildman–Crippen LogP) is 4.55. The van der Waals surface area contributed by atoms with Gasteiger partial charge in [0, 0.05) is 4.47 Å². The van der Waals surface area contributed by atoms with Gasteiger partial charge >= 0.3 is 0 Å². The van der Waals surface area contributed by atoms with E-state index in [9.17, 15) is 0 Å². The summed E-state index contributed by atoms with van der Waals surface area (Å²) < 4.78 is 7.88. The summed E-state index contributed by atoms with van der Waals surface area (Å²) in [7, 11) is 0. The molecular formula is C13H9BrN2OS. The van der Waals surface area contributed by atoms with Crippen LogP contribution in [0.4, 0.5) is 0 Å². The lowest BCUT2D eigenvalue weighted by molar-refractivity contribution is 0.465. The Morgan fingerprint density at radius 2 is 2.11 bits per heavy atom. The van der Waals surface area contributed by atoms with Crippen LogP contribution in [0.3, 0.4) is 0 Å². The van der Waals surface area contributed by atoms with Gasteiger partial charge in [-0.05, 0) is 42.1 Å². The van der Waals surface area contributed by atoms with Crippen LogP contribution in [-0.4, -0.2) is 9.97 Å². The van der Waals surface area contributed by atoms with Crippen molar-refractivity contribution in [3.05, 3.63) is 46.0 Å². The first-order valence-electron chi connectivity index (χ1n) is 5.36. The Bertz CT molecular complexity index is 711. The summed E-state index contributed by atoms with van der Waals surface area (Å²) in [5.74, 6) is 1.42. The van der Waals surface area contributed by atoms with E-state index < -0.39 is 0 Å². The molecule has 0 atom stereocenters. The normalized spacial score (nSPS) is 10.8. The molecule has 90 valence electrons. The van der Waals surface area contributed by atoms with Crippen molar-refractivity contribution >= 4 is 37.5 Å². The molecule has 0 saturated heterocycles. The van der Waals surface area contributed by atoms with Crippen molar-refractivity contribution < 1.29 is 4.74 Å². The van der Waals surface area contributed by atoms with Crippen LogP contribution in [0, 0.1) is 6.92 Å². The first-order valence-corrected chi connectivity index (χ1v) is 7.03. The summed E-state index contributed by atoms with van der Waals surface area (Å²) >= 11 is 5.02. The number of hydrogen-bond donors (Lipinski definition) is 0. The Kier molecular flexibility index (Phi) is 3.01. The second kappa shape index (κ2) is 4.66. The predicted molar refractivity (Wildman–Crippen MR) is 76.4 cm³/mol. The minimum Gasteiger partial charge on any atom is -0.437 e. The molecule has 5 heteroatoms. The highest BCUT2D eigenvalue weighted by molar-refractivity contribution is 9.10. The van der Waals surface area contributed by atoms with Gasteiger partial charge in [-0.15, -0.1) is 11.3 Å². The zero-order valence-corrected chi connectivity index (χ0v) is 12.0. The van der Waals surface area contributed by atoms with E-state index >= 15 is 0 Å². The number of rotatable bonds is 2. The zero-order valence-electron chi connectivity index (χ0n) is 9.55. The van der Waals surface area contributed by atoms with Gasteiger partial charge in [0.05, 0.1) is 5.52 Å². The van der Waals surface area contributed by atoms with Crippen molar-refractivity contribution in [2.24, 2.45) is 0 Å². The third kappa shape index (κ3) is 2.11. The highest BCUT2D eigenvalue weighted by Crippen LogP contribution is 2.32. The van der Waals surface area contributed by atoms with Crippen molar-refractivity contribution in [2.45, 2.75) is 6.92 Å². The average Bonchev–Trinajstić information content (AvgIpc) is 2.82. The molecule has 0 bridgehead atoms. The van der Waals surface area contributed by atoms with Crippen LogP contribution < -0.4 is 4.74 Å². The summed E-state index contributed by atoms with van der Waals surface area (Å²) in [5, 5.41) is 1.99. The molecule has 0 saturated carbocycles. The van der Waals surface area contributed by atoms with Gasteiger partial charge in [0.15, 0.2) is 0 Å². The maximum absolute atomic E-state index is 5.87. The Hall–Kier alpha value is -1.46. The topological polar surface area (TPSA) is 35.0 Å². The highest BCUT2D eigenvalue weighted by atomic mass is 79.9. The van der Waals surface area contributed by atoms with E-state index in [1.165, 1.54) is 6.33 Å². The van der Waals surface area contributed by atoms with Crippen LogP contribution in [-0.2, 0) is 0 Å². The summed E-state index contributed by atoms with van der Waals surface area (Å²) in [6, 6.07) is 7.86. The van der Waals surface area contributed by atoms with Crippen LogP contribution in [0.25, 0.3) is 10.2 Å². The minimum absolute atomic E-state index is 0.612. The molecule has 3 rings (SSSR count). The molecule has 2 heterocycles. The van der Waals surface area contributed by atoms with Crippen molar-refractivity contribution in [3.63, 3.8) is 0 Å². The lowest BCUT2D eigenvalue weighted by atomic mass is 10.2. The maximum Gasteiger partial charge on any atom is 0.240 e. The van der Waals surface area contributed by atoms with E-state index in [4.69, 9.17) is 4.74 Å². The van der Waals surface area contributed by atoms with Crippen LogP contribution in [0.15, 0.2) is 40.4 Å². The first-order chi connectivity index (χ1) is 8.74. The van der Waals surface area contributed by atoms with Crippen molar-refractivity contribution in [3.8, 4) is 11.6 Å². The molecular weight excluding hydrogens is 312 g/mol. The quantitative estimate of drug-likeness (QED) is 0.694. The summed E-state index contributed by atoms with van der Waals surface area (Å²) in [4.78, 5) is 8.40. The van der Waals surface area contributed by atoms with E-state index in [0.717, 1.165) is 26.0 Å². The largest absolute Gasteiger partial charge is 0.437 e. The number of aromatic nitrogens is 2. The summed E-state index contributed by atoms with van der Waals surface area (Å²) in [6.07, 6.45) is 1.53. The molecule has 0 fully saturated rings. The number of benzene rings is 1. The van der Waals surface area contributed by atoms with Gasteiger partial charge in [0.1, 0.15) is 16.8 Å². The van der Waals surface area contributed by atoms with E-state index in [0.29, 0.717) is 5.88 Å². The molecule has 18 heavy (non-hydrogen) atoms. The standard InChI is InChI=1S/C13H9BrN2OS/c1-8-6-9(14)2-3-11(8)17-13-12-10(4-5-18-12)15-7-16-13/h2-7H,1H3. The smallest absolute Gasteiger partial charge is 0.240 e. The van der Waals surface area contributed by atoms with Crippen LogP contribution in [0.1, 0.15) is 5.56 Å². The fourth-order valence-electron chi connectivity index (χ4n) is 1.67. The van der Waals surface area contributed by atoms with Gasteiger partial charge in [0.2, 0.25) is 5.88 Å². The Balaban J connectivity index is 2.03. The van der Waals surface area contributed by atoms with Gasteiger partial charge in [-0.25, -0.2) is 9.97 Å². The molecule has 0 radical (unpaired) electrons. The van der Waals surface area contributed by atoms with Crippen molar-refractivity contribution in [1.29, 1.82) is 0 Å². The fraction of sp³-hybridized carbons (Fsp3) is 0.0769. The molecule has 3 nitrogen and oxygen atoms in total. The number of aryl methyl sites for hydroxylation is 1. The highest BCUT2D eigenvalue weighted by Gasteiger charge is 2.08. The van der Waals surface area contributed by atoms with E-state index in [1.54, 1.807) is 11.3 Å². The molecule has 0 aliphatic heterocycles. The molecule has 3 aromatic rings. The Labute approximate surface area is 117 Å². The van der Waals surface area contributed by atoms with Crippen molar-refractivity contribution in [2.75, 3.05) is 0 Å². The maximum atomic E-state index is 5.87. The van der Waals surface area contributed by atoms with E-state index in [2.05, 4.69) is 25.9 Å². The van der Waals surface area contributed by atoms with Gasteiger partial charge in [-0.2, -0.15) is 0 Å². The third-order valence-corrected chi connectivity index (χ3v) is 3.94. The number of nitrogens with zero attached hydrogens (tertiary/aromatic N) is 2. The first kappa shape index (κ1) is 11.6. The van der Waals surface area contributed by atoms with Gasteiger partial charge in [0.25, 0.3) is 0 Å². The van der Waals surface area contributed by atoms with E-state index in [1.807, 2.05) is 36.6 Å². The lowest BCUT2D eigenvalue weighted by Crippen LogP contribution is -1.91. The van der Waals surface area contributed by atoms with Gasteiger partial charge in [-0.1, -0.05) is 15.9 Å². The number of hydrogen-bond acceptors (Lipinski definition) is 4. The number of thiophene rings is 1. The van der Waals surface area contributed by atoms with Crippen LogP contribution >= 0.6 is 27.3 Å². The average molecular weight is 321 g/mol. The van der Waals surface area contributed by atoms with Gasteiger partial charge in [-0.3, -0.25) is 0 Å². The Morgan fingerprint density at radius 3 is 2.94 bits per heavy atom. The fourth-order valence-corrected chi connectivity index (χ4v) is 2.92. The molecule has 0 amide bonds. The zero-order chi connectivity index (χ0) is 12.5. The monoisotopic (exact) mass is 320 g/mol. The lowest BCUT2D eigenvalue weighted by Gasteiger charge is -2.08. The second-order valence-electron chi connectivity index (χ2n) is 3.83. The molecule has 0 unspecified atom stereocenters. The molecule has 2 aromatic heterocycles. The third-order valence-electron chi connectivity index (χ3n) is 2.55. The Morgan fingerprint density at radius 1 is 1.22 bits per heavy atom. The molecule has 0 spiro atoms. The molecule has 0 N–H and O–H groups in total.